The third kappa shape index (κ3) is 5.93. The van der Waals surface area contributed by atoms with E-state index >= 15 is 0 Å². The highest BCUT2D eigenvalue weighted by Crippen LogP contribution is 2.39. The number of anilines is 2. The zero-order valence-electron chi connectivity index (χ0n) is 15.6. The number of nitrogens with zero attached hydrogens (tertiary/aromatic N) is 2. The van der Waals surface area contributed by atoms with Crippen molar-refractivity contribution < 1.29 is 17.9 Å². The smallest absolute Gasteiger partial charge is 0.420 e. The van der Waals surface area contributed by atoms with Gasteiger partial charge in [0.05, 0.1) is 17.9 Å². The molecule has 0 radical (unpaired) electrons. The SMILES string of the molecule is CCCCCOc1ccc(Nc2nc(-c3ccc(Br)nc3)cs2)cc1C(F)(F)F. The lowest BCUT2D eigenvalue weighted by Crippen LogP contribution is -2.10. The first-order chi connectivity index (χ1) is 13.9. The minimum Gasteiger partial charge on any atom is -0.493 e. The van der Waals surface area contributed by atoms with E-state index in [1.54, 1.807) is 18.3 Å². The van der Waals surface area contributed by atoms with Crippen LogP contribution in [0.15, 0.2) is 46.5 Å². The third-order valence-corrected chi connectivity index (χ3v) is 5.30. The van der Waals surface area contributed by atoms with Crippen molar-refractivity contribution in [3.05, 3.63) is 52.1 Å². The summed E-state index contributed by atoms with van der Waals surface area (Å²) in [4.78, 5) is 8.58. The molecule has 0 bridgehead atoms. The van der Waals surface area contributed by atoms with Gasteiger partial charge in [-0.3, -0.25) is 0 Å². The molecule has 0 saturated heterocycles. The van der Waals surface area contributed by atoms with Gasteiger partial charge in [-0.1, -0.05) is 19.8 Å². The fraction of sp³-hybridized carbons (Fsp3) is 0.300. The van der Waals surface area contributed by atoms with Gasteiger partial charge in [0.2, 0.25) is 0 Å². The maximum absolute atomic E-state index is 13.5. The monoisotopic (exact) mass is 485 g/mol. The number of benzene rings is 1. The summed E-state index contributed by atoms with van der Waals surface area (Å²) in [5.74, 6) is -0.153. The van der Waals surface area contributed by atoms with Gasteiger partial charge in [-0.15, -0.1) is 11.3 Å². The topological polar surface area (TPSA) is 47.0 Å². The van der Waals surface area contributed by atoms with Gasteiger partial charge in [0.1, 0.15) is 10.4 Å². The first-order valence-electron chi connectivity index (χ1n) is 9.05. The summed E-state index contributed by atoms with van der Waals surface area (Å²) >= 11 is 4.58. The molecule has 2 aromatic heterocycles. The summed E-state index contributed by atoms with van der Waals surface area (Å²) < 4.78 is 46.5. The van der Waals surface area contributed by atoms with E-state index in [1.165, 1.54) is 17.4 Å². The molecule has 4 nitrogen and oxygen atoms in total. The van der Waals surface area contributed by atoms with Crippen molar-refractivity contribution in [2.24, 2.45) is 0 Å². The number of nitrogens with one attached hydrogen (secondary N) is 1. The van der Waals surface area contributed by atoms with Crippen molar-refractivity contribution in [3.8, 4) is 17.0 Å². The summed E-state index contributed by atoms with van der Waals surface area (Å²) in [7, 11) is 0. The standard InChI is InChI=1S/C20H19BrF3N3OS/c1-2-3-4-9-28-17-7-6-14(10-15(17)20(22,23)24)26-19-27-16(12-29-19)13-5-8-18(21)25-11-13/h5-8,10-12H,2-4,9H2,1H3,(H,26,27). The molecule has 3 rings (SSSR count). The molecule has 1 N–H and O–H groups in total. The van der Waals surface area contributed by atoms with Gasteiger partial charge in [0.25, 0.3) is 0 Å². The van der Waals surface area contributed by atoms with Crippen LogP contribution in [0, 0.1) is 0 Å². The quantitative estimate of drug-likeness (QED) is 0.268. The second kappa shape index (κ2) is 9.58. The Labute approximate surface area is 179 Å². The van der Waals surface area contributed by atoms with Crippen LogP contribution in [0.1, 0.15) is 31.7 Å². The zero-order valence-corrected chi connectivity index (χ0v) is 18.0. The molecule has 0 unspecified atom stereocenters. The van der Waals surface area contributed by atoms with E-state index in [1.807, 2.05) is 18.4 Å². The first-order valence-corrected chi connectivity index (χ1v) is 10.7. The highest BCUT2D eigenvalue weighted by Gasteiger charge is 2.34. The molecule has 29 heavy (non-hydrogen) atoms. The fourth-order valence-corrected chi connectivity index (χ4v) is 3.58. The Morgan fingerprint density at radius 1 is 1.17 bits per heavy atom. The predicted octanol–water partition coefficient (Wildman–Crippen LogP) is 7.30. The highest BCUT2D eigenvalue weighted by molar-refractivity contribution is 9.10. The number of rotatable bonds is 8. The molecule has 0 spiro atoms. The maximum atomic E-state index is 13.5. The molecule has 9 heteroatoms. The van der Waals surface area contributed by atoms with Gasteiger partial charge in [-0.05, 0) is 52.7 Å². The Morgan fingerprint density at radius 2 is 2.00 bits per heavy atom. The average Bonchev–Trinajstić information content (AvgIpc) is 3.14. The predicted molar refractivity (Wildman–Crippen MR) is 113 cm³/mol. The summed E-state index contributed by atoms with van der Waals surface area (Å²) in [5.41, 5.74) is 1.02. The lowest BCUT2D eigenvalue weighted by Gasteiger charge is -2.15. The third-order valence-electron chi connectivity index (χ3n) is 4.07. The minimum absolute atomic E-state index is 0.153. The number of alkyl halides is 3. The molecule has 2 heterocycles. The number of aromatic nitrogens is 2. The van der Waals surface area contributed by atoms with Gasteiger partial charge in [0, 0.05) is 22.8 Å². The van der Waals surface area contributed by atoms with Crippen molar-refractivity contribution in [1.29, 1.82) is 0 Å². The fourth-order valence-electron chi connectivity index (χ4n) is 2.60. The second-order valence-corrected chi connectivity index (χ2v) is 7.97. The normalized spacial score (nSPS) is 11.5. The van der Waals surface area contributed by atoms with Crippen LogP contribution in [0.4, 0.5) is 24.0 Å². The number of thiazole rings is 1. The highest BCUT2D eigenvalue weighted by atomic mass is 79.9. The number of ether oxygens (including phenoxy) is 1. The van der Waals surface area contributed by atoms with Crippen LogP contribution < -0.4 is 10.1 Å². The molecule has 0 atom stereocenters. The van der Waals surface area contributed by atoms with Crippen LogP contribution in [0.5, 0.6) is 5.75 Å². The van der Waals surface area contributed by atoms with E-state index in [0.717, 1.165) is 30.9 Å². The van der Waals surface area contributed by atoms with E-state index in [0.29, 0.717) is 21.1 Å². The lowest BCUT2D eigenvalue weighted by molar-refractivity contribution is -0.138. The van der Waals surface area contributed by atoms with Crippen molar-refractivity contribution in [3.63, 3.8) is 0 Å². The molecule has 0 aliphatic rings. The van der Waals surface area contributed by atoms with E-state index in [2.05, 4.69) is 31.2 Å². The molecule has 0 amide bonds. The van der Waals surface area contributed by atoms with E-state index in [-0.39, 0.29) is 12.4 Å². The van der Waals surface area contributed by atoms with E-state index < -0.39 is 11.7 Å². The summed E-state index contributed by atoms with van der Waals surface area (Å²) in [6, 6.07) is 7.63. The largest absolute Gasteiger partial charge is 0.493 e. The lowest BCUT2D eigenvalue weighted by atomic mass is 10.1. The molecule has 154 valence electrons. The number of unbranched alkanes of at least 4 members (excludes halogenated alkanes) is 2. The number of hydrogen-bond donors (Lipinski definition) is 1. The zero-order chi connectivity index (χ0) is 20.9. The van der Waals surface area contributed by atoms with E-state index in [9.17, 15) is 13.2 Å². The van der Waals surface area contributed by atoms with Crippen LogP contribution >= 0.6 is 27.3 Å². The molecule has 0 aliphatic heterocycles. The van der Waals surface area contributed by atoms with Crippen molar-refractivity contribution >= 4 is 38.1 Å². The van der Waals surface area contributed by atoms with Crippen LogP contribution in [0.2, 0.25) is 0 Å². The Bertz CT molecular complexity index is 945. The van der Waals surface area contributed by atoms with Crippen LogP contribution in [0.25, 0.3) is 11.3 Å². The van der Waals surface area contributed by atoms with Crippen LogP contribution in [0.3, 0.4) is 0 Å². The Hall–Kier alpha value is -2.13. The average molecular weight is 486 g/mol. The van der Waals surface area contributed by atoms with E-state index in [4.69, 9.17) is 4.74 Å². The van der Waals surface area contributed by atoms with Crippen LogP contribution in [-0.2, 0) is 6.18 Å². The molecular formula is C20H19BrF3N3OS. The Kier molecular flexibility index (Phi) is 7.13. The molecule has 3 aromatic rings. The van der Waals surface area contributed by atoms with Crippen LogP contribution in [-0.4, -0.2) is 16.6 Å². The summed E-state index contributed by atoms with van der Waals surface area (Å²) in [6.07, 6.45) is -0.212. The number of hydrogen-bond acceptors (Lipinski definition) is 5. The van der Waals surface area contributed by atoms with Gasteiger partial charge in [-0.2, -0.15) is 13.2 Å². The van der Waals surface area contributed by atoms with Gasteiger partial charge < -0.3 is 10.1 Å². The summed E-state index contributed by atoms with van der Waals surface area (Å²) in [5, 5.41) is 5.26. The first kappa shape index (κ1) is 21.6. The Balaban J connectivity index is 1.76. The van der Waals surface area contributed by atoms with Crippen molar-refractivity contribution in [1.82, 2.24) is 9.97 Å². The van der Waals surface area contributed by atoms with Crippen molar-refractivity contribution in [2.45, 2.75) is 32.4 Å². The van der Waals surface area contributed by atoms with Crippen molar-refractivity contribution in [2.75, 3.05) is 11.9 Å². The van der Waals surface area contributed by atoms with Gasteiger partial charge in [0.15, 0.2) is 5.13 Å². The second-order valence-electron chi connectivity index (χ2n) is 6.30. The number of halogens is 4. The van der Waals surface area contributed by atoms with Gasteiger partial charge >= 0.3 is 6.18 Å². The molecule has 1 aromatic carbocycles. The molecular weight excluding hydrogens is 467 g/mol. The molecule has 0 fully saturated rings. The maximum Gasteiger partial charge on any atom is 0.420 e. The molecule has 0 saturated carbocycles. The number of pyridine rings is 1. The van der Waals surface area contributed by atoms with Gasteiger partial charge in [-0.25, -0.2) is 9.97 Å². The summed E-state index contributed by atoms with van der Waals surface area (Å²) in [6.45, 7) is 2.29. The minimum atomic E-state index is -4.51. The molecule has 0 aliphatic carbocycles. The Morgan fingerprint density at radius 3 is 2.69 bits per heavy atom.